The lowest BCUT2D eigenvalue weighted by Gasteiger charge is -2.12. The lowest BCUT2D eigenvalue weighted by atomic mass is 9.96. The summed E-state index contributed by atoms with van der Waals surface area (Å²) in [5, 5.41) is 3.89. The molecule has 1 N–H and O–H groups in total. The van der Waals surface area contributed by atoms with Crippen molar-refractivity contribution in [3.05, 3.63) is 47.7 Å². The highest BCUT2D eigenvalue weighted by atomic mass is 16.5. The van der Waals surface area contributed by atoms with Crippen LogP contribution in [0.5, 0.6) is 17.2 Å². The van der Waals surface area contributed by atoms with Crippen LogP contribution in [0.3, 0.4) is 0 Å². The van der Waals surface area contributed by atoms with Crippen LogP contribution in [0.1, 0.15) is 24.2 Å². The maximum Gasteiger partial charge on any atom is 0.262 e. The van der Waals surface area contributed by atoms with Gasteiger partial charge in [-0.15, -0.1) is 0 Å². The number of hydrogen-bond acceptors (Lipinski definition) is 5. The number of ether oxygens (including phenoxy) is 3. The number of furan rings is 1. The van der Waals surface area contributed by atoms with Gasteiger partial charge in [0.25, 0.3) is 5.91 Å². The third-order valence-corrected chi connectivity index (χ3v) is 4.98. The SMILES string of the molecule is COc1ccc(OC)c(NC(=O)COc2ccc3oc4c(c3c2)CCCC4)c1. The van der Waals surface area contributed by atoms with Crippen molar-refractivity contribution in [3.63, 3.8) is 0 Å². The second kappa shape index (κ2) is 7.84. The van der Waals surface area contributed by atoms with E-state index in [1.165, 1.54) is 18.4 Å². The summed E-state index contributed by atoms with van der Waals surface area (Å²) >= 11 is 0. The van der Waals surface area contributed by atoms with Gasteiger partial charge < -0.3 is 23.9 Å². The van der Waals surface area contributed by atoms with Crippen molar-refractivity contribution < 1.29 is 23.4 Å². The van der Waals surface area contributed by atoms with Crippen LogP contribution in [0.15, 0.2) is 40.8 Å². The lowest BCUT2D eigenvalue weighted by molar-refractivity contribution is -0.118. The number of anilines is 1. The number of rotatable bonds is 6. The molecule has 6 nitrogen and oxygen atoms in total. The molecule has 1 amide bonds. The van der Waals surface area contributed by atoms with Crippen LogP contribution in [-0.4, -0.2) is 26.7 Å². The molecule has 0 aliphatic heterocycles. The molecular weight excluding hydrogens is 358 g/mol. The Morgan fingerprint density at radius 3 is 2.68 bits per heavy atom. The minimum atomic E-state index is -0.277. The first-order valence-electron chi connectivity index (χ1n) is 9.37. The quantitative estimate of drug-likeness (QED) is 0.688. The molecule has 1 aliphatic carbocycles. The highest BCUT2D eigenvalue weighted by Crippen LogP contribution is 2.34. The van der Waals surface area contributed by atoms with Crippen LogP contribution < -0.4 is 19.5 Å². The second-order valence-electron chi connectivity index (χ2n) is 6.77. The average Bonchev–Trinajstić information content (AvgIpc) is 3.10. The number of nitrogens with one attached hydrogen (secondary N) is 1. The molecule has 2 aromatic carbocycles. The topological polar surface area (TPSA) is 69.9 Å². The standard InChI is InChI=1S/C22H23NO5/c1-25-14-7-10-21(26-2)18(12-14)23-22(24)13-27-15-8-9-20-17(11-15)16-5-3-4-6-19(16)28-20/h7-12H,3-6,13H2,1-2H3,(H,23,24). The van der Waals surface area contributed by atoms with E-state index in [1.54, 1.807) is 32.4 Å². The van der Waals surface area contributed by atoms with Gasteiger partial charge in [0.15, 0.2) is 6.61 Å². The number of benzene rings is 2. The first-order chi connectivity index (χ1) is 13.7. The Balaban J connectivity index is 1.45. The molecule has 0 bridgehead atoms. The average molecular weight is 381 g/mol. The number of aryl methyl sites for hydroxylation is 2. The Morgan fingerprint density at radius 1 is 1.04 bits per heavy atom. The Morgan fingerprint density at radius 2 is 1.86 bits per heavy atom. The zero-order chi connectivity index (χ0) is 19.5. The van der Waals surface area contributed by atoms with Crippen LogP contribution in [-0.2, 0) is 17.6 Å². The molecule has 0 spiro atoms. The molecule has 3 aromatic rings. The third kappa shape index (κ3) is 3.63. The van der Waals surface area contributed by atoms with Gasteiger partial charge in [0, 0.05) is 23.4 Å². The molecular formula is C22H23NO5. The van der Waals surface area contributed by atoms with E-state index in [9.17, 15) is 4.79 Å². The largest absolute Gasteiger partial charge is 0.497 e. The molecule has 0 fully saturated rings. The van der Waals surface area contributed by atoms with Crippen molar-refractivity contribution in [2.75, 3.05) is 26.1 Å². The molecule has 1 aromatic heterocycles. The fourth-order valence-corrected chi connectivity index (χ4v) is 3.58. The molecule has 0 unspecified atom stereocenters. The molecule has 1 heterocycles. The van der Waals surface area contributed by atoms with E-state index in [-0.39, 0.29) is 12.5 Å². The third-order valence-electron chi connectivity index (χ3n) is 4.98. The van der Waals surface area contributed by atoms with Crippen LogP contribution in [0, 0.1) is 0 Å². The fraction of sp³-hybridized carbons (Fsp3) is 0.318. The first kappa shape index (κ1) is 18.2. The van der Waals surface area contributed by atoms with Gasteiger partial charge in [-0.05, 0) is 49.6 Å². The number of methoxy groups -OCH3 is 2. The van der Waals surface area contributed by atoms with Crippen molar-refractivity contribution in [1.82, 2.24) is 0 Å². The van der Waals surface area contributed by atoms with E-state index in [0.29, 0.717) is 22.9 Å². The van der Waals surface area contributed by atoms with E-state index < -0.39 is 0 Å². The molecule has 0 saturated heterocycles. The molecule has 4 rings (SSSR count). The van der Waals surface area contributed by atoms with Gasteiger partial charge in [-0.3, -0.25) is 4.79 Å². The lowest BCUT2D eigenvalue weighted by Crippen LogP contribution is -2.20. The van der Waals surface area contributed by atoms with E-state index in [0.717, 1.165) is 29.6 Å². The Labute approximate surface area is 163 Å². The Hall–Kier alpha value is -3.15. The van der Waals surface area contributed by atoms with E-state index in [1.807, 2.05) is 18.2 Å². The molecule has 6 heteroatoms. The van der Waals surface area contributed by atoms with Crippen molar-refractivity contribution in [1.29, 1.82) is 0 Å². The minimum absolute atomic E-state index is 0.105. The van der Waals surface area contributed by atoms with Gasteiger partial charge in [-0.1, -0.05) is 0 Å². The van der Waals surface area contributed by atoms with Crippen molar-refractivity contribution >= 4 is 22.6 Å². The second-order valence-corrected chi connectivity index (χ2v) is 6.77. The predicted molar refractivity (Wildman–Crippen MR) is 107 cm³/mol. The van der Waals surface area contributed by atoms with Crippen LogP contribution >= 0.6 is 0 Å². The van der Waals surface area contributed by atoms with Crippen LogP contribution in [0.4, 0.5) is 5.69 Å². The Bertz CT molecular complexity index is 1010. The first-order valence-corrected chi connectivity index (χ1v) is 9.37. The summed E-state index contributed by atoms with van der Waals surface area (Å²) in [4.78, 5) is 12.3. The van der Waals surface area contributed by atoms with Crippen LogP contribution in [0.2, 0.25) is 0 Å². The summed E-state index contributed by atoms with van der Waals surface area (Å²) in [6.45, 7) is -0.105. The zero-order valence-corrected chi connectivity index (χ0v) is 16.0. The van der Waals surface area contributed by atoms with Crippen molar-refractivity contribution in [2.24, 2.45) is 0 Å². The smallest absolute Gasteiger partial charge is 0.262 e. The van der Waals surface area contributed by atoms with Crippen LogP contribution in [0.25, 0.3) is 11.0 Å². The number of hydrogen-bond donors (Lipinski definition) is 1. The summed E-state index contributed by atoms with van der Waals surface area (Å²) < 4.78 is 22.1. The number of amides is 1. The molecule has 28 heavy (non-hydrogen) atoms. The fourth-order valence-electron chi connectivity index (χ4n) is 3.58. The van der Waals surface area contributed by atoms with E-state index in [4.69, 9.17) is 18.6 Å². The maximum absolute atomic E-state index is 12.3. The highest BCUT2D eigenvalue weighted by molar-refractivity contribution is 5.93. The summed E-state index contributed by atoms with van der Waals surface area (Å²) in [6, 6.07) is 10.9. The molecule has 0 atom stereocenters. The summed E-state index contributed by atoms with van der Waals surface area (Å²) in [5.41, 5.74) is 2.69. The van der Waals surface area contributed by atoms with E-state index in [2.05, 4.69) is 5.32 Å². The summed E-state index contributed by atoms with van der Waals surface area (Å²) in [6.07, 6.45) is 4.37. The molecule has 146 valence electrons. The normalized spacial score (nSPS) is 13.1. The van der Waals surface area contributed by atoms with Gasteiger partial charge in [0.2, 0.25) is 0 Å². The monoisotopic (exact) mass is 381 g/mol. The van der Waals surface area contributed by atoms with Crippen molar-refractivity contribution in [3.8, 4) is 17.2 Å². The number of carbonyl (C=O) groups excluding carboxylic acids is 1. The van der Waals surface area contributed by atoms with Gasteiger partial charge in [0.1, 0.15) is 28.6 Å². The number of fused-ring (bicyclic) bond motifs is 3. The molecule has 0 radical (unpaired) electrons. The van der Waals surface area contributed by atoms with Gasteiger partial charge >= 0.3 is 0 Å². The predicted octanol–water partition coefficient (Wildman–Crippen LogP) is 4.35. The van der Waals surface area contributed by atoms with Gasteiger partial charge in [0.05, 0.1) is 19.9 Å². The molecule has 1 aliphatic rings. The minimum Gasteiger partial charge on any atom is -0.497 e. The van der Waals surface area contributed by atoms with Gasteiger partial charge in [-0.25, -0.2) is 0 Å². The Kier molecular flexibility index (Phi) is 5.10. The maximum atomic E-state index is 12.3. The number of carbonyl (C=O) groups is 1. The van der Waals surface area contributed by atoms with Crippen molar-refractivity contribution in [2.45, 2.75) is 25.7 Å². The molecule has 0 saturated carbocycles. The van der Waals surface area contributed by atoms with E-state index >= 15 is 0 Å². The summed E-state index contributed by atoms with van der Waals surface area (Å²) in [7, 11) is 3.12. The highest BCUT2D eigenvalue weighted by Gasteiger charge is 2.18. The zero-order valence-electron chi connectivity index (χ0n) is 16.0. The summed E-state index contributed by atoms with van der Waals surface area (Å²) in [5.74, 6) is 2.64. The van der Waals surface area contributed by atoms with Gasteiger partial charge in [-0.2, -0.15) is 0 Å².